The Hall–Kier alpha value is 0.230. The summed E-state index contributed by atoms with van der Waals surface area (Å²) in [6, 6.07) is 0. The molecule has 0 N–H and O–H groups in total. The first-order chi connectivity index (χ1) is 5.45. The Bertz CT molecular complexity index is 149. The average Bonchev–Trinajstić information content (AvgIpc) is 1.99. The van der Waals surface area contributed by atoms with Crippen LogP contribution in [0.4, 0.5) is 0 Å². The van der Waals surface area contributed by atoms with Gasteiger partial charge in [-0.1, -0.05) is 41.0 Å². The van der Waals surface area contributed by atoms with Gasteiger partial charge in [-0.2, -0.15) is 0 Å². The maximum atomic E-state index is 12.4. The van der Waals surface area contributed by atoms with Crippen molar-refractivity contribution < 1.29 is 4.57 Å². The summed E-state index contributed by atoms with van der Waals surface area (Å²) in [6.07, 6.45) is 3.22. The molecule has 0 aliphatic rings. The van der Waals surface area contributed by atoms with Crippen molar-refractivity contribution in [1.82, 2.24) is 0 Å². The molecule has 0 rings (SSSR count). The van der Waals surface area contributed by atoms with Crippen LogP contribution in [0.15, 0.2) is 0 Å². The van der Waals surface area contributed by atoms with Crippen molar-refractivity contribution >= 4 is 7.14 Å². The van der Waals surface area contributed by atoms with Gasteiger partial charge < -0.3 is 4.57 Å². The molecular weight excluding hydrogens is 167 g/mol. The molecule has 0 saturated heterocycles. The van der Waals surface area contributed by atoms with Crippen LogP contribution < -0.4 is 0 Å². The second kappa shape index (κ2) is 5.07. The maximum Gasteiger partial charge on any atom is 0.0925 e. The van der Waals surface area contributed by atoms with E-state index in [1.165, 1.54) is 0 Å². The van der Waals surface area contributed by atoms with Crippen LogP contribution in [0.1, 0.15) is 47.5 Å². The molecule has 0 aromatic carbocycles. The van der Waals surface area contributed by atoms with Gasteiger partial charge in [0, 0.05) is 17.5 Å². The smallest absolute Gasteiger partial charge is 0.0925 e. The summed E-state index contributed by atoms with van der Waals surface area (Å²) in [5.41, 5.74) is 0.730. The fourth-order valence-corrected chi connectivity index (χ4v) is 4.55. The lowest BCUT2D eigenvalue weighted by molar-refractivity contribution is 0.558. The molecule has 0 unspecified atom stereocenters. The first-order valence-electron chi connectivity index (χ1n) is 5.03. The van der Waals surface area contributed by atoms with Crippen LogP contribution in [0.2, 0.25) is 0 Å². The lowest BCUT2D eigenvalue weighted by Crippen LogP contribution is -2.11. The van der Waals surface area contributed by atoms with Gasteiger partial charge in [-0.3, -0.25) is 0 Å². The molecule has 0 amide bonds. The summed E-state index contributed by atoms with van der Waals surface area (Å²) in [5, 5.41) is 0. The minimum atomic E-state index is -1.88. The molecule has 0 aromatic heterocycles. The number of hydrogen-bond donors (Lipinski definition) is 0. The van der Waals surface area contributed by atoms with Crippen LogP contribution in [0.25, 0.3) is 0 Å². The highest BCUT2D eigenvalue weighted by molar-refractivity contribution is 7.65. The quantitative estimate of drug-likeness (QED) is 0.599. The van der Waals surface area contributed by atoms with Crippen molar-refractivity contribution in [3.8, 4) is 0 Å². The lowest BCUT2D eigenvalue weighted by atomic mass is 10.4. The first kappa shape index (κ1) is 12.2. The van der Waals surface area contributed by atoms with Crippen molar-refractivity contribution in [2.75, 3.05) is 6.16 Å². The standard InChI is InChI=1S/C10H23OP/c1-6-7-8-12(11,9(2)3)10(4)5/h9-10H,6-8H2,1-5H3. The van der Waals surface area contributed by atoms with Gasteiger partial charge in [0.2, 0.25) is 0 Å². The van der Waals surface area contributed by atoms with E-state index in [0.29, 0.717) is 11.3 Å². The van der Waals surface area contributed by atoms with E-state index in [9.17, 15) is 4.57 Å². The van der Waals surface area contributed by atoms with Gasteiger partial charge >= 0.3 is 0 Å². The van der Waals surface area contributed by atoms with E-state index in [1.54, 1.807) is 0 Å². The molecule has 0 heterocycles. The number of rotatable bonds is 5. The molecule has 0 aromatic rings. The Morgan fingerprint density at radius 1 is 1.08 bits per heavy atom. The third-order valence-electron chi connectivity index (χ3n) is 2.61. The summed E-state index contributed by atoms with van der Waals surface area (Å²) in [7, 11) is -1.88. The van der Waals surface area contributed by atoms with Crippen LogP contribution >= 0.6 is 7.14 Å². The summed E-state index contributed by atoms with van der Waals surface area (Å²) in [5.74, 6) is 0. The van der Waals surface area contributed by atoms with Crippen molar-refractivity contribution in [1.29, 1.82) is 0 Å². The molecule has 0 atom stereocenters. The zero-order valence-corrected chi connectivity index (χ0v) is 10.0. The molecule has 0 fully saturated rings. The van der Waals surface area contributed by atoms with Crippen LogP contribution in [0.5, 0.6) is 0 Å². The van der Waals surface area contributed by atoms with Gasteiger partial charge in [-0.15, -0.1) is 0 Å². The molecule has 1 nitrogen and oxygen atoms in total. The Kier molecular flexibility index (Phi) is 5.16. The zero-order valence-electron chi connectivity index (χ0n) is 9.13. The van der Waals surface area contributed by atoms with Gasteiger partial charge in [0.05, 0.1) is 7.14 Å². The van der Waals surface area contributed by atoms with Gasteiger partial charge in [-0.05, 0) is 6.42 Å². The molecule has 0 spiro atoms. The molecule has 12 heavy (non-hydrogen) atoms. The third-order valence-corrected chi connectivity index (χ3v) is 7.12. The van der Waals surface area contributed by atoms with E-state index in [2.05, 4.69) is 34.6 Å². The van der Waals surface area contributed by atoms with Gasteiger partial charge in [0.25, 0.3) is 0 Å². The highest BCUT2D eigenvalue weighted by Crippen LogP contribution is 2.55. The van der Waals surface area contributed by atoms with Gasteiger partial charge in [0.1, 0.15) is 0 Å². The molecule has 0 saturated carbocycles. The Labute approximate surface area is 77.3 Å². The summed E-state index contributed by atoms with van der Waals surface area (Å²) >= 11 is 0. The monoisotopic (exact) mass is 190 g/mol. The van der Waals surface area contributed by atoms with Gasteiger partial charge in [0.15, 0.2) is 0 Å². The van der Waals surface area contributed by atoms with Crippen LogP contribution in [0, 0.1) is 0 Å². The Morgan fingerprint density at radius 3 is 1.75 bits per heavy atom. The fraction of sp³-hybridized carbons (Fsp3) is 1.00. The highest BCUT2D eigenvalue weighted by atomic mass is 31.2. The highest BCUT2D eigenvalue weighted by Gasteiger charge is 2.28. The van der Waals surface area contributed by atoms with Crippen molar-refractivity contribution in [2.45, 2.75) is 58.8 Å². The molecular formula is C10H23OP. The minimum Gasteiger partial charge on any atom is -0.323 e. The molecule has 0 radical (unpaired) electrons. The zero-order chi connectivity index (χ0) is 9.78. The van der Waals surface area contributed by atoms with E-state index in [0.717, 1.165) is 19.0 Å². The van der Waals surface area contributed by atoms with E-state index in [-0.39, 0.29) is 0 Å². The van der Waals surface area contributed by atoms with Gasteiger partial charge in [-0.25, -0.2) is 0 Å². The normalized spacial score (nSPS) is 12.9. The summed E-state index contributed by atoms with van der Waals surface area (Å²) < 4.78 is 12.4. The van der Waals surface area contributed by atoms with E-state index in [4.69, 9.17) is 0 Å². The van der Waals surface area contributed by atoms with E-state index >= 15 is 0 Å². The molecule has 74 valence electrons. The summed E-state index contributed by atoms with van der Waals surface area (Å²) in [4.78, 5) is 0. The predicted octanol–water partition coefficient (Wildman–Crippen LogP) is 3.97. The Balaban J connectivity index is 4.31. The molecule has 0 aliphatic carbocycles. The van der Waals surface area contributed by atoms with Crippen molar-refractivity contribution in [2.24, 2.45) is 0 Å². The topological polar surface area (TPSA) is 17.1 Å². The van der Waals surface area contributed by atoms with Crippen LogP contribution in [-0.2, 0) is 4.57 Å². The SMILES string of the molecule is CCCCP(=O)(C(C)C)C(C)C. The van der Waals surface area contributed by atoms with Crippen molar-refractivity contribution in [3.05, 3.63) is 0 Å². The molecule has 2 heteroatoms. The fourth-order valence-electron chi connectivity index (χ4n) is 1.52. The number of unbranched alkanes of at least 4 members (excludes halogenated alkanes) is 1. The van der Waals surface area contributed by atoms with Crippen LogP contribution in [-0.4, -0.2) is 17.5 Å². The van der Waals surface area contributed by atoms with Crippen LogP contribution in [0.3, 0.4) is 0 Å². The number of hydrogen-bond acceptors (Lipinski definition) is 1. The lowest BCUT2D eigenvalue weighted by Gasteiger charge is -2.25. The molecule has 0 bridgehead atoms. The second-order valence-corrected chi connectivity index (χ2v) is 8.34. The maximum absolute atomic E-state index is 12.4. The third kappa shape index (κ3) is 2.94. The molecule has 0 aliphatic heterocycles. The predicted molar refractivity (Wildman–Crippen MR) is 57.7 cm³/mol. The largest absolute Gasteiger partial charge is 0.323 e. The van der Waals surface area contributed by atoms with Crippen molar-refractivity contribution in [3.63, 3.8) is 0 Å². The first-order valence-corrected chi connectivity index (χ1v) is 7.06. The average molecular weight is 190 g/mol. The Morgan fingerprint density at radius 2 is 1.50 bits per heavy atom. The minimum absolute atomic E-state index is 0.365. The summed E-state index contributed by atoms with van der Waals surface area (Å²) in [6.45, 7) is 10.5. The second-order valence-electron chi connectivity index (χ2n) is 4.12. The van der Waals surface area contributed by atoms with E-state index < -0.39 is 7.14 Å². The van der Waals surface area contributed by atoms with E-state index in [1.807, 2.05) is 0 Å².